The van der Waals surface area contributed by atoms with Crippen LogP contribution < -0.4 is 10.4 Å². The average molecular weight is 695 g/mol. The SMILES string of the molecule is CCOC(=O)C(CCC(=O)n1cc(NC(=O)N(OCc2ccc(SC(F)(F)F)cc2Cl)c2ccccc2)c2cc(F)ccc21)N(C)C. The monoisotopic (exact) mass is 694 g/mol. The van der Waals surface area contributed by atoms with Crippen LogP contribution in [0.4, 0.5) is 33.7 Å². The molecule has 0 spiro atoms. The third-order valence-corrected chi connectivity index (χ3v) is 7.95. The fourth-order valence-corrected chi connectivity index (χ4v) is 5.55. The summed E-state index contributed by atoms with van der Waals surface area (Å²) in [6.07, 6.45) is 1.45. The Morgan fingerprint density at radius 1 is 1.04 bits per heavy atom. The Labute approximate surface area is 277 Å². The zero-order valence-corrected chi connectivity index (χ0v) is 27.1. The van der Waals surface area contributed by atoms with Crippen molar-refractivity contribution in [2.75, 3.05) is 31.1 Å². The molecule has 1 N–H and O–H groups in total. The normalized spacial score (nSPS) is 12.3. The molecular formula is C32H31ClF4N4O5S. The number of fused-ring (bicyclic) bond motifs is 1. The van der Waals surface area contributed by atoms with Gasteiger partial charge in [0.15, 0.2) is 0 Å². The van der Waals surface area contributed by atoms with Gasteiger partial charge >= 0.3 is 17.5 Å². The number of aromatic nitrogens is 1. The van der Waals surface area contributed by atoms with Crippen molar-refractivity contribution >= 4 is 63.5 Å². The van der Waals surface area contributed by atoms with Crippen LogP contribution in [0.25, 0.3) is 10.9 Å². The van der Waals surface area contributed by atoms with Crippen molar-refractivity contribution in [3.63, 3.8) is 0 Å². The van der Waals surface area contributed by atoms with Crippen molar-refractivity contribution < 1.29 is 41.5 Å². The Bertz CT molecular complexity index is 1740. The molecule has 0 fully saturated rings. The number of thioether (sulfide) groups is 1. The summed E-state index contributed by atoms with van der Waals surface area (Å²) in [5.41, 5.74) is -3.46. The number of carbonyl (C=O) groups is 3. The molecule has 4 aromatic rings. The summed E-state index contributed by atoms with van der Waals surface area (Å²) >= 11 is 5.92. The Morgan fingerprint density at radius 3 is 2.40 bits per heavy atom. The third-order valence-electron chi connectivity index (χ3n) is 6.87. The van der Waals surface area contributed by atoms with Crippen LogP contribution in [-0.4, -0.2) is 59.6 Å². The second kappa shape index (κ2) is 15.7. The van der Waals surface area contributed by atoms with E-state index < -0.39 is 35.3 Å². The highest BCUT2D eigenvalue weighted by Gasteiger charge is 2.30. The number of halogens is 5. The molecule has 0 radical (unpaired) electrons. The number of hydrogen-bond acceptors (Lipinski definition) is 7. The molecule has 1 heterocycles. The van der Waals surface area contributed by atoms with Crippen molar-refractivity contribution in [3.8, 4) is 0 Å². The van der Waals surface area contributed by atoms with Crippen molar-refractivity contribution in [2.45, 2.75) is 42.8 Å². The summed E-state index contributed by atoms with van der Waals surface area (Å²) in [5, 5.41) is 3.82. The molecular weight excluding hydrogens is 664 g/mol. The molecule has 47 heavy (non-hydrogen) atoms. The molecule has 0 saturated heterocycles. The van der Waals surface area contributed by atoms with Gasteiger partial charge in [-0.3, -0.25) is 23.9 Å². The zero-order valence-electron chi connectivity index (χ0n) is 25.5. The van der Waals surface area contributed by atoms with Crippen LogP contribution in [0.3, 0.4) is 0 Å². The van der Waals surface area contributed by atoms with Gasteiger partial charge in [-0.15, -0.1) is 0 Å². The number of benzene rings is 3. The number of nitrogens with one attached hydrogen (secondary N) is 1. The highest BCUT2D eigenvalue weighted by Crippen LogP contribution is 2.38. The number of anilines is 2. The van der Waals surface area contributed by atoms with Gasteiger partial charge < -0.3 is 10.1 Å². The molecule has 1 unspecified atom stereocenters. The lowest BCUT2D eigenvalue weighted by molar-refractivity contribution is -0.148. The number of hydroxylamine groups is 1. The number of carbonyl (C=O) groups excluding carboxylic acids is 3. The summed E-state index contributed by atoms with van der Waals surface area (Å²) in [6.45, 7) is 1.59. The van der Waals surface area contributed by atoms with Crippen molar-refractivity contribution in [3.05, 3.63) is 89.3 Å². The van der Waals surface area contributed by atoms with E-state index in [1.54, 1.807) is 56.3 Å². The van der Waals surface area contributed by atoms with E-state index in [0.717, 1.165) is 11.1 Å². The van der Waals surface area contributed by atoms with Crippen LogP contribution in [0.2, 0.25) is 5.02 Å². The molecule has 9 nitrogen and oxygen atoms in total. The number of alkyl halides is 3. The van der Waals surface area contributed by atoms with Gasteiger partial charge in [-0.2, -0.15) is 18.2 Å². The smallest absolute Gasteiger partial charge is 0.446 e. The van der Waals surface area contributed by atoms with Gasteiger partial charge in [0.25, 0.3) is 0 Å². The maximum absolute atomic E-state index is 14.4. The number of ether oxygens (including phenoxy) is 1. The van der Waals surface area contributed by atoms with Gasteiger partial charge in [-0.25, -0.2) is 9.18 Å². The molecule has 0 bridgehead atoms. The van der Waals surface area contributed by atoms with Gasteiger partial charge in [-0.1, -0.05) is 35.9 Å². The predicted octanol–water partition coefficient (Wildman–Crippen LogP) is 8.13. The standard InChI is InChI=1S/C32H31ClF4N4O5S/c1-4-45-30(43)28(39(2)3)14-15-29(42)40-18-26(24-16-21(34)11-13-27(24)40)38-31(44)41(22-8-6-5-7-9-22)46-19-20-10-12-23(17-25(20)33)47-32(35,36)37/h5-13,16-18,28H,4,14-15,19H2,1-3H3,(H,38,44). The molecule has 1 aromatic heterocycles. The van der Waals surface area contributed by atoms with Crippen molar-refractivity contribution in [1.29, 1.82) is 0 Å². The number of amides is 2. The van der Waals surface area contributed by atoms with Crippen molar-refractivity contribution in [1.82, 2.24) is 9.47 Å². The van der Waals surface area contributed by atoms with E-state index in [9.17, 15) is 31.9 Å². The second-order valence-corrected chi connectivity index (χ2v) is 11.9. The average Bonchev–Trinajstić information content (AvgIpc) is 3.35. The number of para-hydroxylation sites is 1. The molecule has 0 saturated carbocycles. The van der Waals surface area contributed by atoms with E-state index in [1.807, 2.05) is 0 Å². The molecule has 2 amide bonds. The first-order valence-corrected chi connectivity index (χ1v) is 15.5. The fraction of sp³-hybridized carbons (Fsp3) is 0.281. The van der Waals surface area contributed by atoms with Crippen LogP contribution in [0.15, 0.2) is 77.8 Å². The topological polar surface area (TPSA) is 93.1 Å². The van der Waals surface area contributed by atoms with E-state index in [-0.39, 0.29) is 58.8 Å². The number of esters is 1. The Morgan fingerprint density at radius 2 is 1.77 bits per heavy atom. The first-order chi connectivity index (χ1) is 22.3. The largest absolute Gasteiger partial charge is 0.465 e. The first-order valence-electron chi connectivity index (χ1n) is 14.3. The van der Waals surface area contributed by atoms with Gasteiger partial charge in [-0.05, 0) is 87.2 Å². The Kier molecular flexibility index (Phi) is 11.9. The number of urea groups is 1. The molecule has 4 rings (SSSR count). The van der Waals surface area contributed by atoms with E-state index in [0.29, 0.717) is 16.8 Å². The molecule has 250 valence electrons. The van der Waals surface area contributed by atoms with Crippen LogP contribution in [0.1, 0.15) is 30.1 Å². The lowest BCUT2D eigenvalue weighted by atomic mass is 10.1. The van der Waals surface area contributed by atoms with E-state index in [1.165, 1.54) is 41.1 Å². The molecule has 0 aliphatic rings. The first kappa shape index (κ1) is 35.7. The summed E-state index contributed by atoms with van der Waals surface area (Å²) in [4.78, 5) is 46.7. The number of likely N-dealkylation sites (N-methyl/N-ethyl adjacent to an activating group) is 1. The summed E-state index contributed by atoms with van der Waals surface area (Å²) in [7, 11) is 3.40. The van der Waals surface area contributed by atoms with E-state index in [4.69, 9.17) is 21.2 Å². The van der Waals surface area contributed by atoms with Crippen LogP contribution in [0.5, 0.6) is 0 Å². The van der Waals surface area contributed by atoms with Crippen LogP contribution in [0, 0.1) is 5.82 Å². The number of rotatable bonds is 12. The fourth-order valence-electron chi connectivity index (χ4n) is 4.67. The minimum atomic E-state index is -4.49. The Hall–Kier alpha value is -4.11. The lowest BCUT2D eigenvalue weighted by Crippen LogP contribution is -2.37. The minimum Gasteiger partial charge on any atom is -0.465 e. The molecule has 1 atom stereocenters. The lowest BCUT2D eigenvalue weighted by Gasteiger charge is -2.22. The third kappa shape index (κ3) is 9.47. The highest BCUT2D eigenvalue weighted by atomic mass is 35.5. The highest BCUT2D eigenvalue weighted by molar-refractivity contribution is 8.00. The quantitative estimate of drug-likeness (QED) is 0.0693. The van der Waals surface area contributed by atoms with Crippen LogP contribution in [-0.2, 0) is 21.0 Å². The maximum Gasteiger partial charge on any atom is 0.446 e. The maximum atomic E-state index is 14.4. The molecule has 0 aliphatic carbocycles. The molecule has 0 aliphatic heterocycles. The summed E-state index contributed by atoms with van der Waals surface area (Å²) < 4.78 is 59.1. The number of nitrogens with zero attached hydrogens (tertiary/aromatic N) is 3. The van der Waals surface area contributed by atoms with Crippen molar-refractivity contribution in [2.24, 2.45) is 0 Å². The second-order valence-electron chi connectivity index (χ2n) is 10.4. The van der Waals surface area contributed by atoms with Gasteiger partial charge in [0.2, 0.25) is 5.91 Å². The molecule has 3 aromatic carbocycles. The predicted molar refractivity (Wildman–Crippen MR) is 172 cm³/mol. The number of hydrogen-bond donors (Lipinski definition) is 1. The van der Waals surface area contributed by atoms with E-state index >= 15 is 0 Å². The zero-order chi connectivity index (χ0) is 34.3. The minimum absolute atomic E-state index is 0.00388. The molecule has 15 heteroatoms. The van der Waals surface area contributed by atoms with Gasteiger partial charge in [0, 0.05) is 27.9 Å². The van der Waals surface area contributed by atoms with Gasteiger partial charge in [0.1, 0.15) is 18.5 Å². The van der Waals surface area contributed by atoms with E-state index in [2.05, 4.69) is 5.32 Å². The van der Waals surface area contributed by atoms with Crippen LogP contribution >= 0.6 is 23.4 Å². The Balaban J connectivity index is 1.58. The summed E-state index contributed by atoms with van der Waals surface area (Å²) in [6, 6.07) is 14.2. The van der Waals surface area contributed by atoms with Gasteiger partial charge in [0.05, 0.1) is 23.5 Å². The summed E-state index contributed by atoms with van der Waals surface area (Å²) in [5.74, 6) is -1.47.